The van der Waals surface area contributed by atoms with E-state index in [9.17, 15) is 9.59 Å². The minimum Gasteiger partial charge on any atom is -0.481 e. The Bertz CT molecular complexity index is 639. The first-order chi connectivity index (χ1) is 10.0. The topological polar surface area (TPSA) is 105 Å². The first-order valence-corrected chi connectivity index (χ1v) is 7.05. The van der Waals surface area contributed by atoms with Crippen LogP contribution in [0.15, 0.2) is 18.2 Å². The van der Waals surface area contributed by atoms with Gasteiger partial charge in [0.15, 0.2) is 0 Å². The highest BCUT2D eigenvalue weighted by molar-refractivity contribution is 5.98. The molecule has 0 aromatic carbocycles. The second kappa shape index (κ2) is 5.20. The smallest absolute Gasteiger partial charge is 0.310 e. The van der Waals surface area contributed by atoms with E-state index in [0.29, 0.717) is 17.8 Å². The molecule has 1 aromatic rings. The van der Waals surface area contributed by atoms with Gasteiger partial charge in [0.1, 0.15) is 5.82 Å². The molecule has 0 radical (unpaired) electrons. The highest BCUT2D eigenvalue weighted by Gasteiger charge is 2.26. The number of amides is 1. The van der Waals surface area contributed by atoms with Crippen LogP contribution >= 0.6 is 0 Å². The lowest BCUT2D eigenvalue weighted by Crippen LogP contribution is -2.23. The quantitative estimate of drug-likeness (QED) is 0.719. The summed E-state index contributed by atoms with van der Waals surface area (Å²) in [6, 6.07) is 1.67. The summed E-state index contributed by atoms with van der Waals surface area (Å²) in [7, 11) is 0. The normalized spacial score (nSPS) is 23.0. The lowest BCUT2D eigenvalue weighted by Gasteiger charge is -2.16. The summed E-state index contributed by atoms with van der Waals surface area (Å²) in [4.78, 5) is 27.1. The number of rotatable bonds is 4. The first-order valence-electron chi connectivity index (χ1n) is 7.05. The van der Waals surface area contributed by atoms with E-state index in [1.165, 1.54) is 0 Å². The van der Waals surface area contributed by atoms with Crippen LogP contribution in [0.2, 0.25) is 0 Å². The van der Waals surface area contributed by atoms with Gasteiger partial charge in [-0.25, -0.2) is 4.98 Å². The van der Waals surface area contributed by atoms with Gasteiger partial charge in [-0.3, -0.25) is 9.59 Å². The molecule has 2 aliphatic carbocycles. The summed E-state index contributed by atoms with van der Waals surface area (Å²) in [5, 5.41) is 12.1. The summed E-state index contributed by atoms with van der Waals surface area (Å²) in [6.07, 6.45) is 6.78. The molecule has 0 bridgehead atoms. The van der Waals surface area contributed by atoms with Gasteiger partial charge in [-0.05, 0) is 37.3 Å². The molecular weight excluding hydrogens is 270 g/mol. The second-order valence-electron chi connectivity index (χ2n) is 5.52. The van der Waals surface area contributed by atoms with Gasteiger partial charge in [-0.2, -0.15) is 0 Å². The second-order valence-corrected chi connectivity index (χ2v) is 5.52. The van der Waals surface area contributed by atoms with Crippen LogP contribution in [0.5, 0.6) is 0 Å². The van der Waals surface area contributed by atoms with Crippen LogP contribution in [0.25, 0.3) is 0 Å². The van der Waals surface area contributed by atoms with Gasteiger partial charge in [-0.15, -0.1) is 0 Å². The van der Waals surface area contributed by atoms with E-state index in [1.54, 1.807) is 12.2 Å². The molecule has 2 aliphatic rings. The van der Waals surface area contributed by atoms with Crippen LogP contribution in [0.1, 0.15) is 34.5 Å². The van der Waals surface area contributed by atoms with Crippen molar-refractivity contribution in [1.82, 2.24) is 4.98 Å². The largest absolute Gasteiger partial charge is 0.481 e. The summed E-state index contributed by atoms with van der Waals surface area (Å²) in [6.45, 7) is 0. The fraction of sp³-hybridized carbons (Fsp3) is 0.400. The van der Waals surface area contributed by atoms with Crippen molar-refractivity contribution in [3.63, 3.8) is 0 Å². The number of nitrogens with one attached hydrogen (secondary N) is 1. The molecule has 21 heavy (non-hydrogen) atoms. The van der Waals surface area contributed by atoms with Crippen molar-refractivity contribution >= 4 is 17.7 Å². The Kier molecular flexibility index (Phi) is 3.37. The molecule has 0 saturated carbocycles. The standard InChI is InChI=1S/C15H17N3O3/c16-13(19)11-7-8-2-1-3-12(8)18-14(11)17-10-5-4-9(6-10)15(20)21/h4-5,7,9-10H,1-3,6H2,(H2,16,19)(H,17,18)(H,20,21). The van der Waals surface area contributed by atoms with Crippen molar-refractivity contribution in [2.45, 2.75) is 31.7 Å². The summed E-state index contributed by atoms with van der Waals surface area (Å²) in [5.74, 6) is -1.39. The van der Waals surface area contributed by atoms with Crippen molar-refractivity contribution < 1.29 is 14.7 Å². The van der Waals surface area contributed by atoms with Gasteiger partial charge in [0, 0.05) is 11.7 Å². The molecule has 0 fully saturated rings. The lowest BCUT2D eigenvalue weighted by molar-refractivity contribution is -0.140. The third-order valence-electron chi connectivity index (χ3n) is 4.04. The Hall–Kier alpha value is -2.37. The Morgan fingerprint density at radius 3 is 2.81 bits per heavy atom. The molecule has 6 nitrogen and oxygen atoms in total. The Balaban J connectivity index is 1.84. The minimum atomic E-state index is -0.840. The van der Waals surface area contributed by atoms with E-state index in [0.717, 1.165) is 30.5 Å². The average molecular weight is 287 g/mol. The van der Waals surface area contributed by atoms with E-state index in [2.05, 4.69) is 10.3 Å². The number of aliphatic carboxylic acids is 1. The van der Waals surface area contributed by atoms with E-state index in [4.69, 9.17) is 10.8 Å². The SMILES string of the molecule is NC(=O)c1cc2c(nc1NC1C=CC(C(=O)O)C1)CCC2. The summed E-state index contributed by atoms with van der Waals surface area (Å²) >= 11 is 0. The molecule has 0 aliphatic heterocycles. The fourth-order valence-corrected chi connectivity index (χ4v) is 2.93. The van der Waals surface area contributed by atoms with Crippen LogP contribution < -0.4 is 11.1 Å². The molecule has 2 unspecified atom stereocenters. The predicted molar refractivity (Wildman–Crippen MR) is 77.1 cm³/mol. The number of nitrogens with two attached hydrogens (primary N) is 1. The molecule has 1 amide bonds. The van der Waals surface area contributed by atoms with Crippen LogP contribution in [0, 0.1) is 5.92 Å². The zero-order valence-corrected chi connectivity index (χ0v) is 11.5. The number of fused-ring (bicyclic) bond motifs is 1. The highest BCUT2D eigenvalue weighted by atomic mass is 16.4. The van der Waals surface area contributed by atoms with Gasteiger partial charge < -0.3 is 16.2 Å². The van der Waals surface area contributed by atoms with Crippen molar-refractivity contribution in [1.29, 1.82) is 0 Å². The molecule has 2 atom stereocenters. The number of pyridine rings is 1. The number of carbonyl (C=O) groups excluding carboxylic acids is 1. The molecule has 0 saturated heterocycles. The van der Waals surface area contributed by atoms with Gasteiger partial charge in [0.2, 0.25) is 0 Å². The van der Waals surface area contributed by atoms with Gasteiger partial charge in [0.05, 0.1) is 11.5 Å². The monoisotopic (exact) mass is 287 g/mol. The first kappa shape index (κ1) is 13.6. The number of nitrogens with zero attached hydrogens (tertiary/aromatic N) is 1. The maximum absolute atomic E-state index is 11.6. The molecular formula is C15H17N3O3. The van der Waals surface area contributed by atoms with E-state index < -0.39 is 17.8 Å². The van der Waals surface area contributed by atoms with Gasteiger partial charge in [0.25, 0.3) is 5.91 Å². The zero-order chi connectivity index (χ0) is 15.0. The number of hydrogen-bond donors (Lipinski definition) is 3. The summed E-state index contributed by atoms with van der Waals surface area (Å²) < 4.78 is 0. The molecule has 4 N–H and O–H groups in total. The lowest BCUT2D eigenvalue weighted by atomic mass is 10.1. The molecule has 110 valence electrons. The molecule has 1 aromatic heterocycles. The summed E-state index contributed by atoms with van der Waals surface area (Å²) in [5.41, 5.74) is 7.89. The van der Waals surface area contributed by atoms with E-state index in [1.807, 2.05) is 6.07 Å². The van der Waals surface area contributed by atoms with E-state index >= 15 is 0 Å². The molecule has 1 heterocycles. The minimum absolute atomic E-state index is 0.142. The maximum Gasteiger partial charge on any atom is 0.310 e. The Labute approximate surface area is 122 Å². The maximum atomic E-state index is 11.6. The van der Waals surface area contributed by atoms with Gasteiger partial charge >= 0.3 is 5.97 Å². The van der Waals surface area contributed by atoms with Crippen molar-refractivity contribution in [3.05, 3.63) is 35.0 Å². The number of aryl methyl sites for hydroxylation is 2. The Morgan fingerprint density at radius 2 is 2.14 bits per heavy atom. The molecule has 6 heteroatoms. The third-order valence-corrected chi connectivity index (χ3v) is 4.04. The van der Waals surface area contributed by atoms with Crippen LogP contribution in [-0.2, 0) is 17.6 Å². The van der Waals surface area contributed by atoms with Crippen LogP contribution in [0.4, 0.5) is 5.82 Å². The van der Waals surface area contributed by atoms with Crippen molar-refractivity contribution in [3.8, 4) is 0 Å². The average Bonchev–Trinajstić information content (AvgIpc) is 3.05. The number of primary amides is 1. The number of aromatic nitrogens is 1. The Morgan fingerprint density at radius 1 is 1.33 bits per heavy atom. The molecule has 0 spiro atoms. The van der Waals surface area contributed by atoms with Crippen LogP contribution in [0.3, 0.4) is 0 Å². The number of carboxylic acid groups (broad SMARTS) is 1. The number of anilines is 1. The number of carbonyl (C=O) groups is 2. The van der Waals surface area contributed by atoms with Crippen LogP contribution in [-0.4, -0.2) is 28.0 Å². The van der Waals surface area contributed by atoms with E-state index in [-0.39, 0.29) is 6.04 Å². The number of carboxylic acids is 1. The highest BCUT2D eigenvalue weighted by Crippen LogP contribution is 2.27. The zero-order valence-electron chi connectivity index (χ0n) is 11.5. The number of hydrogen-bond acceptors (Lipinski definition) is 4. The van der Waals surface area contributed by atoms with Gasteiger partial charge in [-0.1, -0.05) is 12.2 Å². The van der Waals surface area contributed by atoms with Crippen molar-refractivity contribution in [2.24, 2.45) is 11.7 Å². The predicted octanol–water partition coefficient (Wildman–Crippen LogP) is 1.11. The third kappa shape index (κ3) is 2.61. The molecule has 3 rings (SSSR count). The fourth-order valence-electron chi connectivity index (χ4n) is 2.93. The van der Waals surface area contributed by atoms with Crippen molar-refractivity contribution in [2.75, 3.05) is 5.32 Å².